The van der Waals surface area contributed by atoms with Crippen molar-refractivity contribution < 1.29 is 4.79 Å². The van der Waals surface area contributed by atoms with E-state index in [1.165, 1.54) is 0 Å². The lowest BCUT2D eigenvalue weighted by molar-refractivity contribution is -0.124. The summed E-state index contributed by atoms with van der Waals surface area (Å²) >= 11 is 6.15. The molecule has 1 aliphatic heterocycles. The minimum atomic E-state index is -0.185. The highest BCUT2D eigenvalue weighted by molar-refractivity contribution is 6.30. The van der Waals surface area contributed by atoms with E-state index < -0.39 is 0 Å². The van der Waals surface area contributed by atoms with Gasteiger partial charge in [0.05, 0.1) is 17.7 Å². The zero-order chi connectivity index (χ0) is 20.9. The molecule has 0 radical (unpaired) electrons. The number of halogens is 1. The number of aromatic amines is 1. The second kappa shape index (κ2) is 9.12. The molecule has 7 heteroatoms. The van der Waals surface area contributed by atoms with Crippen molar-refractivity contribution >= 4 is 17.5 Å². The minimum absolute atomic E-state index is 0.0553. The van der Waals surface area contributed by atoms with Crippen LogP contribution in [0.25, 0.3) is 0 Å². The molecule has 6 nitrogen and oxygen atoms in total. The van der Waals surface area contributed by atoms with Gasteiger partial charge in [0.25, 0.3) is 0 Å². The maximum Gasteiger partial charge on any atom is 0.237 e. The SMILES string of the molecule is N#Cc1ccccc1Cc1ncc(CN(Cc2cccc(Cl)c2)C2CCNC2=O)[nH]1. The lowest BCUT2D eigenvalue weighted by atomic mass is 10.1. The Morgan fingerprint density at radius 1 is 1.20 bits per heavy atom. The number of nitriles is 1. The fourth-order valence-corrected chi connectivity index (χ4v) is 4.05. The number of nitrogens with zero attached hydrogens (tertiary/aromatic N) is 3. The molecule has 4 rings (SSSR count). The van der Waals surface area contributed by atoms with Gasteiger partial charge in [-0.15, -0.1) is 0 Å². The molecule has 1 unspecified atom stereocenters. The van der Waals surface area contributed by atoms with Crippen LogP contribution in [0.4, 0.5) is 0 Å². The molecule has 30 heavy (non-hydrogen) atoms. The predicted octanol–water partition coefficient (Wildman–Crippen LogP) is 3.42. The van der Waals surface area contributed by atoms with Gasteiger partial charge in [0.15, 0.2) is 0 Å². The summed E-state index contributed by atoms with van der Waals surface area (Å²) in [6.07, 6.45) is 3.14. The van der Waals surface area contributed by atoms with Gasteiger partial charge in [0.2, 0.25) is 5.91 Å². The van der Waals surface area contributed by atoms with Crippen LogP contribution in [0.15, 0.2) is 54.7 Å². The van der Waals surface area contributed by atoms with Gasteiger partial charge in [-0.05, 0) is 35.7 Å². The minimum Gasteiger partial charge on any atom is -0.355 e. The molecule has 0 spiro atoms. The van der Waals surface area contributed by atoms with Crippen molar-refractivity contribution in [1.82, 2.24) is 20.2 Å². The first-order chi connectivity index (χ1) is 14.6. The highest BCUT2D eigenvalue weighted by Gasteiger charge is 2.30. The Balaban J connectivity index is 1.51. The van der Waals surface area contributed by atoms with E-state index in [1.807, 2.05) is 54.7 Å². The summed E-state index contributed by atoms with van der Waals surface area (Å²) in [5.41, 5.74) is 3.58. The van der Waals surface area contributed by atoms with Crippen LogP contribution in [-0.2, 0) is 24.3 Å². The van der Waals surface area contributed by atoms with E-state index in [2.05, 4.69) is 26.3 Å². The third-order valence-electron chi connectivity index (χ3n) is 5.29. The molecule has 1 saturated heterocycles. The van der Waals surface area contributed by atoms with Gasteiger partial charge in [-0.1, -0.05) is 41.9 Å². The molecule has 2 N–H and O–H groups in total. The summed E-state index contributed by atoms with van der Waals surface area (Å²) in [7, 11) is 0. The molecule has 1 atom stereocenters. The molecule has 2 aromatic carbocycles. The third kappa shape index (κ3) is 4.70. The van der Waals surface area contributed by atoms with Crippen LogP contribution in [0, 0.1) is 11.3 Å². The molecule has 3 aromatic rings. The van der Waals surface area contributed by atoms with Crippen molar-refractivity contribution in [1.29, 1.82) is 5.26 Å². The number of amides is 1. The Morgan fingerprint density at radius 2 is 2.07 bits per heavy atom. The van der Waals surface area contributed by atoms with E-state index in [-0.39, 0.29) is 11.9 Å². The number of imidazole rings is 1. The van der Waals surface area contributed by atoms with Crippen molar-refractivity contribution in [2.24, 2.45) is 0 Å². The summed E-state index contributed by atoms with van der Waals surface area (Å²) in [6.45, 7) is 1.87. The fraction of sp³-hybridized carbons (Fsp3) is 0.261. The zero-order valence-corrected chi connectivity index (χ0v) is 17.2. The summed E-state index contributed by atoms with van der Waals surface area (Å²) in [5.74, 6) is 0.853. The van der Waals surface area contributed by atoms with Crippen LogP contribution in [0.2, 0.25) is 5.02 Å². The largest absolute Gasteiger partial charge is 0.355 e. The lowest BCUT2D eigenvalue weighted by Crippen LogP contribution is -2.39. The van der Waals surface area contributed by atoms with Gasteiger partial charge in [-0.3, -0.25) is 9.69 Å². The Bertz CT molecular complexity index is 1090. The number of aromatic nitrogens is 2. The fourth-order valence-electron chi connectivity index (χ4n) is 3.83. The standard InChI is InChI=1S/C23H22ClN5O/c24-19-7-3-4-16(10-19)14-29(21-8-9-26-23(21)30)15-20-13-27-22(28-20)11-17-5-1-2-6-18(17)12-25/h1-7,10,13,21H,8-9,11,14-15H2,(H,26,30)(H,27,28). The van der Waals surface area contributed by atoms with Crippen LogP contribution in [-0.4, -0.2) is 33.4 Å². The molecule has 0 saturated carbocycles. The molecular weight excluding hydrogens is 398 g/mol. The van der Waals surface area contributed by atoms with E-state index >= 15 is 0 Å². The molecule has 0 bridgehead atoms. The maximum atomic E-state index is 12.3. The Morgan fingerprint density at radius 3 is 2.83 bits per heavy atom. The Kier molecular flexibility index (Phi) is 6.12. The molecule has 1 aromatic heterocycles. The number of rotatable bonds is 7. The Hall–Kier alpha value is -3.14. The van der Waals surface area contributed by atoms with Gasteiger partial charge >= 0.3 is 0 Å². The maximum absolute atomic E-state index is 12.3. The van der Waals surface area contributed by atoms with Crippen molar-refractivity contribution in [3.63, 3.8) is 0 Å². The van der Waals surface area contributed by atoms with Crippen molar-refractivity contribution in [3.05, 3.63) is 88.0 Å². The number of hydrogen-bond acceptors (Lipinski definition) is 4. The first kappa shape index (κ1) is 20.1. The highest BCUT2D eigenvalue weighted by atomic mass is 35.5. The summed E-state index contributed by atoms with van der Waals surface area (Å²) in [4.78, 5) is 22.3. The first-order valence-corrected chi connectivity index (χ1v) is 10.3. The van der Waals surface area contributed by atoms with Gasteiger partial charge in [-0.25, -0.2) is 4.98 Å². The lowest BCUT2D eigenvalue weighted by Gasteiger charge is -2.26. The summed E-state index contributed by atoms with van der Waals surface area (Å²) in [5, 5.41) is 12.9. The second-order valence-electron chi connectivity index (χ2n) is 7.43. The first-order valence-electron chi connectivity index (χ1n) is 9.89. The van der Waals surface area contributed by atoms with Gasteiger partial charge in [-0.2, -0.15) is 5.26 Å². The van der Waals surface area contributed by atoms with Crippen LogP contribution >= 0.6 is 11.6 Å². The molecule has 2 heterocycles. The van der Waals surface area contributed by atoms with E-state index in [1.54, 1.807) is 0 Å². The van der Waals surface area contributed by atoms with Gasteiger partial charge in [0, 0.05) is 43.0 Å². The van der Waals surface area contributed by atoms with Crippen LogP contribution in [0.1, 0.15) is 34.6 Å². The van der Waals surface area contributed by atoms with E-state index in [0.29, 0.717) is 36.6 Å². The number of benzene rings is 2. The topological polar surface area (TPSA) is 84.8 Å². The number of carbonyl (C=O) groups excluding carboxylic acids is 1. The highest BCUT2D eigenvalue weighted by Crippen LogP contribution is 2.20. The van der Waals surface area contributed by atoms with E-state index in [0.717, 1.165) is 29.1 Å². The van der Waals surface area contributed by atoms with Crippen LogP contribution in [0.5, 0.6) is 0 Å². The monoisotopic (exact) mass is 419 g/mol. The number of nitrogens with one attached hydrogen (secondary N) is 2. The number of H-pyrrole nitrogens is 1. The molecule has 1 fully saturated rings. The molecule has 1 aliphatic rings. The van der Waals surface area contributed by atoms with Crippen LogP contribution < -0.4 is 5.32 Å². The van der Waals surface area contributed by atoms with Crippen molar-refractivity contribution in [3.8, 4) is 6.07 Å². The summed E-state index contributed by atoms with van der Waals surface area (Å²) < 4.78 is 0. The average Bonchev–Trinajstić information content (AvgIpc) is 3.36. The van der Waals surface area contributed by atoms with Gasteiger partial charge in [0.1, 0.15) is 5.82 Å². The van der Waals surface area contributed by atoms with Crippen LogP contribution in [0.3, 0.4) is 0 Å². The van der Waals surface area contributed by atoms with E-state index in [4.69, 9.17) is 11.6 Å². The molecule has 1 amide bonds. The zero-order valence-electron chi connectivity index (χ0n) is 16.4. The van der Waals surface area contributed by atoms with Crippen molar-refractivity contribution in [2.75, 3.05) is 6.54 Å². The molecular formula is C23H22ClN5O. The quantitative estimate of drug-likeness (QED) is 0.614. The molecule has 152 valence electrons. The smallest absolute Gasteiger partial charge is 0.237 e. The number of hydrogen-bond donors (Lipinski definition) is 2. The van der Waals surface area contributed by atoms with Gasteiger partial charge < -0.3 is 10.3 Å². The Labute approximate surface area is 180 Å². The average molecular weight is 420 g/mol. The summed E-state index contributed by atoms with van der Waals surface area (Å²) in [6, 6.07) is 17.3. The third-order valence-corrected chi connectivity index (χ3v) is 5.52. The van der Waals surface area contributed by atoms with Crippen molar-refractivity contribution in [2.45, 2.75) is 32.0 Å². The predicted molar refractivity (Wildman–Crippen MR) is 115 cm³/mol. The normalized spacial score (nSPS) is 15.9. The second-order valence-corrected chi connectivity index (χ2v) is 7.87. The molecule has 0 aliphatic carbocycles. The van der Waals surface area contributed by atoms with E-state index in [9.17, 15) is 10.1 Å². The number of carbonyl (C=O) groups is 1.